The molecule has 55 heavy (non-hydrogen) atoms. The average molecular weight is 803 g/mol. The molecule has 8 rings (SSSR count). The minimum absolute atomic E-state index is 0.0445. The van der Waals surface area contributed by atoms with Crippen LogP contribution in [0.15, 0.2) is 90.5 Å². The number of ether oxygens (including phenoxy) is 3. The normalized spacial score (nSPS) is 25.6. The van der Waals surface area contributed by atoms with Crippen molar-refractivity contribution >= 4 is 69.8 Å². The molecule has 6 atom stereocenters. The molecule has 4 aliphatic rings. The third-order valence-corrected chi connectivity index (χ3v) is 12.3. The average Bonchev–Trinajstić information content (AvgIpc) is 3.56. The highest BCUT2D eigenvalue weighted by Gasteiger charge is 2.71. The number of carbonyl (C=O) groups excluding carboxylic acids is 4. The second kappa shape index (κ2) is 13.8. The number of rotatable bonds is 8. The van der Waals surface area contributed by atoms with Crippen LogP contribution in [0.3, 0.4) is 0 Å². The molecule has 0 radical (unpaired) electrons. The van der Waals surface area contributed by atoms with Gasteiger partial charge in [0.2, 0.25) is 11.8 Å². The van der Waals surface area contributed by atoms with Crippen LogP contribution in [-0.2, 0) is 24.6 Å². The molecular weight excluding hydrogens is 769 g/mol. The smallest absolute Gasteiger partial charge is 0.260 e. The molecule has 0 bridgehead atoms. The maximum Gasteiger partial charge on any atom is 0.260 e. The van der Waals surface area contributed by atoms with Gasteiger partial charge < -0.3 is 19.3 Å². The highest BCUT2D eigenvalue weighted by atomic mass is 35.5. The first-order valence-corrected chi connectivity index (χ1v) is 18.6. The number of nitrogens with one attached hydrogen (secondary N) is 1. The first-order valence-electron chi connectivity index (χ1n) is 17.5. The van der Waals surface area contributed by atoms with Gasteiger partial charge in [0.25, 0.3) is 11.8 Å². The summed E-state index contributed by atoms with van der Waals surface area (Å²) in [6, 6.07) is 20.9. The molecule has 6 unspecified atom stereocenters. The minimum Gasteiger partial charge on any atom is -0.508 e. The Bertz CT molecular complexity index is 2270. The van der Waals surface area contributed by atoms with E-state index < -0.39 is 52.7 Å². The van der Waals surface area contributed by atoms with Gasteiger partial charge in [0.05, 0.1) is 60.9 Å². The number of fused-ring (bicyclic) bond motifs is 4. The largest absolute Gasteiger partial charge is 0.508 e. The summed E-state index contributed by atoms with van der Waals surface area (Å²) in [6.07, 6.45) is 2.16. The minimum atomic E-state index is -1.68. The number of allylic oxidation sites excluding steroid dienone is 2. The molecule has 2 heterocycles. The fourth-order valence-corrected chi connectivity index (χ4v) is 9.79. The second-order valence-electron chi connectivity index (χ2n) is 14.0. The molecule has 4 amide bonds. The van der Waals surface area contributed by atoms with Crippen molar-refractivity contribution in [2.45, 2.75) is 24.2 Å². The zero-order valence-electron chi connectivity index (χ0n) is 29.7. The van der Waals surface area contributed by atoms with Gasteiger partial charge in [-0.2, -0.15) is 5.01 Å². The van der Waals surface area contributed by atoms with Gasteiger partial charge in [0, 0.05) is 33.7 Å². The quantitative estimate of drug-likeness (QED) is 0.137. The third kappa shape index (κ3) is 5.54. The van der Waals surface area contributed by atoms with Crippen molar-refractivity contribution in [2.24, 2.45) is 23.7 Å². The zero-order valence-corrected chi connectivity index (χ0v) is 32.0. The van der Waals surface area contributed by atoms with Crippen molar-refractivity contribution < 1.29 is 38.5 Å². The number of phenols is 1. The summed E-state index contributed by atoms with van der Waals surface area (Å²) in [4.78, 5) is 60.5. The Morgan fingerprint density at radius 1 is 0.764 bits per heavy atom. The van der Waals surface area contributed by atoms with Gasteiger partial charge >= 0.3 is 0 Å². The van der Waals surface area contributed by atoms with Crippen LogP contribution < -0.4 is 24.5 Å². The monoisotopic (exact) mass is 801 g/mol. The number of hydrazine groups is 1. The van der Waals surface area contributed by atoms with E-state index in [1.54, 1.807) is 60.7 Å². The van der Waals surface area contributed by atoms with E-state index in [9.17, 15) is 14.7 Å². The predicted molar refractivity (Wildman–Crippen MR) is 206 cm³/mol. The van der Waals surface area contributed by atoms with Crippen molar-refractivity contribution in [3.05, 3.63) is 117 Å². The number of imide groups is 2. The van der Waals surface area contributed by atoms with Crippen molar-refractivity contribution in [3.8, 4) is 23.0 Å². The number of methoxy groups -OCH3 is 3. The van der Waals surface area contributed by atoms with Crippen molar-refractivity contribution in [1.82, 2.24) is 5.01 Å². The molecule has 3 fully saturated rings. The van der Waals surface area contributed by atoms with E-state index in [1.165, 1.54) is 44.4 Å². The number of anilines is 2. The number of amides is 4. The summed E-state index contributed by atoms with van der Waals surface area (Å²) in [5, 5.41) is 12.7. The number of benzene rings is 4. The van der Waals surface area contributed by atoms with Crippen LogP contribution in [0.5, 0.6) is 23.0 Å². The highest BCUT2D eigenvalue weighted by Crippen LogP contribution is 2.66. The standard InChI is InChI=1S/C41H34Cl3N3O8/c1-53-25-11-4-20(5-12-25)41-29(38(50)47(40(41)52)45-31-15-8-22(43)16-30(31)44)19-28-26(36(41)35-32(54-2)17-24(48)18-33(35)55-3)13-14-27-34(28)39(51)46(37(27)49)23-9-6-21(42)7-10-23/h4-13,15-18,27-29,34,36,45,48H,14,19H2,1-3H3. The highest BCUT2D eigenvalue weighted by molar-refractivity contribution is 6.36. The number of aromatic hydroxyl groups is 1. The molecule has 282 valence electrons. The fourth-order valence-electron chi connectivity index (χ4n) is 9.21. The fraction of sp³-hybridized carbons (Fsp3) is 0.268. The number of hydrogen-bond acceptors (Lipinski definition) is 9. The Labute approximate surface area is 331 Å². The second-order valence-corrected chi connectivity index (χ2v) is 15.2. The van der Waals surface area contributed by atoms with Crippen LogP contribution in [0.1, 0.15) is 29.9 Å². The van der Waals surface area contributed by atoms with Gasteiger partial charge in [-0.15, -0.1) is 0 Å². The van der Waals surface area contributed by atoms with Gasteiger partial charge in [-0.05, 0) is 78.9 Å². The van der Waals surface area contributed by atoms with E-state index in [0.717, 1.165) is 5.01 Å². The topological polar surface area (TPSA) is 135 Å². The number of carbonyl (C=O) groups is 4. The Kier molecular flexibility index (Phi) is 9.22. The molecular formula is C41H34Cl3N3O8. The maximum atomic E-state index is 15.6. The lowest BCUT2D eigenvalue weighted by atomic mass is 9.49. The van der Waals surface area contributed by atoms with Gasteiger partial charge in [-0.25, -0.2) is 0 Å². The lowest BCUT2D eigenvalue weighted by Crippen LogP contribution is -2.53. The molecule has 2 N–H and O–H groups in total. The van der Waals surface area contributed by atoms with Crippen LogP contribution in [0.4, 0.5) is 11.4 Å². The van der Waals surface area contributed by atoms with Gasteiger partial charge in [0.15, 0.2) is 0 Å². The van der Waals surface area contributed by atoms with E-state index in [2.05, 4.69) is 5.43 Å². The first kappa shape index (κ1) is 36.7. The molecule has 2 aliphatic heterocycles. The molecule has 14 heteroatoms. The Morgan fingerprint density at radius 3 is 2.04 bits per heavy atom. The maximum absolute atomic E-state index is 15.6. The van der Waals surface area contributed by atoms with E-state index >= 15 is 9.59 Å². The Balaban J connectivity index is 1.38. The molecule has 0 spiro atoms. The molecule has 2 aliphatic carbocycles. The summed E-state index contributed by atoms with van der Waals surface area (Å²) >= 11 is 18.9. The van der Waals surface area contributed by atoms with E-state index in [0.29, 0.717) is 38.2 Å². The number of hydrogen-bond donors (Lipinski definition) is 2. The van der Waals surface area contributed by atoms with Crippen LogP contribution in [0, 0.1) is 23.7 Å². The van der Waals surface area contributed by atoms with Crippen molar-refractivity contribution in [2.75, 3.05) is 31.7 Å². The SMILES string of the molecule is COc1ccc(C23C(=O)N(Nc4ccc(Cl)cc4Cl)C(=O)C2CC2C(=CCC4C(=O)N(c5ccc(Cl)cc5)C(=O)C42)C3c2c(OC)cc(O)cc2OC)cc1. The predicted octanol–water partition coefficient (Wildman–Crippen LogP) is 7.57. The molecule has 1 saturated carbocycles. The summed E-state index contributed by atoms with van der Waals surface area (Å²) in [5.74, 6) is -5.51. The number of nitrogens with zero attached hydrogens (tertiary/aromatic N) is 2. The Morgan fingerprint density at radius 2 is 1.42 bits per heavy atom. The van der Waals surface area contributed by atoms with Gasteiger partial charge in [0.1, 0.15) is 23.0 Å². The van der Waals surface area contributed by atoms with Gasteiger partial charge in [-0.1, -0.05) is 58.6 Å². The van der Waals surface area contributed by atoms with E-state index in [1.807, 2.05) is 6.08 Å². The Hall–Kier alpha value is -5.23. The molecule has 4 aromatic carbocycles. The third-order valence-electron chi connectivity index (χ3n) is 11.5. The molecule has 4 aromatic rings. The van der Waals surface area contributed by atoms with Crippen molar-refractivity contribution in [3.63, 3.8) is 0 Å². The van der Waals surface area contributed by atoms with Crippen LogP contribution >= 0.6 is 34.8 Å². The lowest BCUT2D eigenvalue weighted by molar-refractivity contribution is -0.138. The zero-order chi connectivity index (χ0) is 38.9. The molecule has 11 nitrogen and oxygen atoms in total. The van der Waals surface area contributed by atoms with Crippen LogP contribution in [0.2, 0.25) is 15.1 Å². The summed E-state index contributed by atoms with van der Waals surface area (Å²) in [5.41, 5.74) is 3.50. The molecule has 2 saturated heterocycles. The van der Waals surface area contributed by atoms with Gasteiger partial charge in [-0.3, -0.25) is 29.5 Å². The summed E-state index contributed by atoms with van der Waals surface area (Å²) in [6.45, 7) is 0. The molecule has 0 aromatic heterocycles. The lowest BCUT2D eigenvalue weighted by Gasteiger charge is -2.51. The van der Waals surface area contributed by atoms with Crippen LogP contribution in [0.25, 0.3) is 0 Å². The number of halogens is 3. The number of phenolic OH excluding ortho intramolecular Hbond substituents is 1. The summed E-state index contributed by atoms with van der Waals surface area (Å²) in [7, 11) is 4.39. The summed E-state index contributed by atoms with van der Waals surface area (Å²) < 4.78 is 17.3. The van der Waals surface area contributed by atoms with E-state index in [-0.39, 0.29) is 46.7 Å². The van der Waals surface area contributed by atoms with E-state index in [4.69, 9.17) is 49.0 Å². The van der Waals surface area contributed by atoms with Crippen molar-refractivity contribution in [1.29, 1.82) is 0 Å². The first-order chi connectivity index (χ1) is 26.4. The van der Waals surface area contributed by atoms with Crippen LogP contribution in [-0.4, -0.2) is 55.1 Å².